The van der Waals surface area contributed by atoms with Gasteiger partial charge in [0.05, 0.1) is 12.6 Å². The quantitative estimate of drug-likeness (QED) is 0.603. The Bertz CT molecular complexity index is 1130. The third kappa shape index (κ3) is 3.27. The zero-order valence-electron chi connectivity index (χ0n) is 16.9. The number of aliphatic hydroxyl groups is 1. The number of halogens is 3. The molecule has 0 saturated heterocycles. The molecule has 0 radical (unpaired) electrons. The average Bonchev–Trinajstić information content (AvgIpc) is 2.66. The highest BCUT2D eigenvalue weighted by Crippen LogP contribution is 2.45. The molecule has 4 nitrogen and oxygen atoms in total. The van der Waals surface area contributed by atoms with Crippen LogP contribution in [0.5, 0.6) is 5.75 Å². The summed E-state index contributed by atoms with van der Waals surface area (Å²) in [4.78, 5) is 13.1. The third-order valence-corrected chi connectivity index (χ3v) is 5.48. The van der Waals surface area contributed by atoms with Crippen LogP contribution < -0.4 is 10.3 Å². The number of aromatic nitrogens is 1. The van der Waals surface area contributed by atoms with Crippen molar-refractivity contribution in [2.75, 3.05) is 7.11 Å². The van der Waals surface area contributed by atoms with Gasteiger partial charge in [-0.05, 0) is 48.9 Å². The molecule has 0 aliphatic heterocycles. The molecule has 1 N–H and O–H groups in total. The smallest absolute Gasteiger partial charge is 0.421 e. The number of pyridine rings is 1. The highest BCUT2D eigenvalue weighted by atomic mass is 19.4. The molecule has 1 heterocycles. The van der Waals surface area contributed by atoms with Crippen molar-refractivity contribution in [3.63, 3.8) is 0 Å². The maximum absolute atomic E-state index is 13.6. The number of hydrogen-bond acceptors (Lipinski definition) is 3. The fourth-order valence-electron chi connectivity index (χ4n) is 3.81. The average molecular weight is 407 g/mol. The van der Waals surface area contributed by atoms with Gasteiger partial charge in [-0.2, -0.15) is 13.2 Å². The van der Waals surface area contributed by atoms with Crippen LogP contribution in [-0.4, -0.2) is 23.0 Å². The van der Waals surface area contributed by atoms with Crippen molar-refractivity contribution in [2.24, 2.45) is 0 Å². The van der Waals surface area contributed by atoms with Crippen LogP contribution in [0, 0.1) is 6.92 Å². The maximum Gasteiger partial charge on any atom is 0.421 e. The molecule has 0 fully saturated rings. The molecule has 0 spiro atoms. The van der Waals surface area contributed by atoms with Crippen LogP contribution in [-0.2, 0) is 12.1 Å². The van der Waals surface area contributed by atoms with Crippen LogP contribution in [0.15, 0.2) is 35.1 Å². The zero-order chi connectivity index (χ0) is 21.6. The van der Waals surface area contributed by atoms with Crippen LogP contribution in [0.4, 0.5) is 13.2 Å². The van der Waals surface area contributed by atoms with Crippen molar-refractivity contribution in [2.45, 2.75) is 51.9 Å². The number of ether oxygens (including phenoxy) is 1. The summed E-state index contributed by atoms with van der Waals surface area (Å²) in [5, 5.41) is 11.8. The van der Waals surface area contributed by atoms with E-state index in [4.69, 9.17) is 4.74 Å². The SMILES string of the molecule is CCCCn1c(=O)c2ccccc2c2cc(C(C)(O)C(F)(F)F)c(C)c(OC)c21. The summed E-state index contributed by atoms with van der Waals surface area (Å²) in [6.45, 7) is 4.62. The van der Waals surface area contributed by atoms with Gasteiger partial charge in [-0.3, -0.25) is 4.79 Å². The topological polar surface area (TPSA) is 51.5 Å². The molecule has 0 aliphatic rings. The molecule has 0 aliphatic carbocycles. The van der Waals surface area contributed by atoms with Crippen molar-refractivity contribution < 1.29 is 23.0 Å². The second-order valence-electron chi connectivity index (χ2n) is 7.40. The fraction of sp³-hybridized carbons (Fsp3) is 0.409. The van der Waals surface area contributed by atoms with Gasteiger partial charge in [0.2, 0.25) is 0 Å². The molecule has 3 rings (SSSR count). The number of alkyl halides is 3. The second-order valence-corrected chi connectivity index (χ2v) is 7.40. The number of methoxy groups -OCH3 is 1. The van der Waals surface area contributed by atoms with E-state index in [2.05, 4.69) is 0 Å². The van der Waals surface area contributed by atoms with Crippen LogP contribution in [0.25, 0.3) is 21.7 Å². The molecular weight excluding hydrogens is 383 g/mol. The van der Waals surface area contributed by atoms with Crippen LogP contribution in [0.3, 0.4) is 0 Å². The molecule has 1 unspecified atom stereocenters. The van der Waals surface area contributed by atoms with Crippen LogP contribution in [0.2, 0.25) is 0 Å². The minimum Gasteiger partial charge on any atom is -0.494 e. The molecule has 2 aromatic carbocycles. The summed E-state index contributed by atoms with van der Waals surface area (Å²) >= 11 is 0. The lowest BCUT2D eigenvalue weighted by Crippen LogP contribution is -2.40. The molecule has 0 saturated carbocycles. The largest absolute Gasteiger partial charge is 0.494 e. The molecule has 0 bridgehead atoms. The van der Waals surface area contributed by atoms with E-state index < -0.39 is 11.8 Å². The lowest BCUT2D eigenvalue weighted by molar-refractivity contribution is -0.259. The minimum absolute atomic E-state index is 0.155. The summed E-state index contributed by atoms with van der Waals surface area (Å²) in [5.74, 6) is 0.168. The second kappa shape index (κ2) is 7.37. The summed E-state index contributed by atoms with van der Waals surface area (Å²) in [7, 11) is 1.36. The lowest BCUT2D eigenvalue weighted by Gasteiger charge is -2.30. The number of fused-ring (bicyclic) bond motifs is 3. The number of nitrogens with zero attached hydrogens (tertiary/aromatic N) is 1. The van der Waals surface area contributed by atoms with Crippen molar-refractivity contribution in [1.82, 2.24) is 4.57 Å². The standard InChI is InChI=1S/C22H24F3NO3/c1-5-6-11-26-18-16(14-9-7-8-10-15(14)20(26)27)12-17(13(2)19(18)29-4)21(3,28)22(23,24)25/h7-10,12,28H,5-6,11H2,1-4H3. The Morgan fingerprint density at radius 3 is 2.31 bits per heavy atom. The van der Waals surface area contributed by atoms with Gasteiger partial charge in [0.15, 0.2) is 5.60 Å². The van der Waals surface area contributed by atoms with Crippen molar-refractivity contribution in [3.8, 4) is 5.75 Å². The van der Waals surface area contributed by atoms with E-state index in [-0.39, 0.29) is 22.4 Å². The van der Waals surface area contributed by atoms with E-state index in [0.29, 0.717) is 28.2 Å². The van der Waals surface area contributed by atoms with Gasteiger partial charge < -0.3 is 14.4 Å². The molecule has 156 valence electrons. The predicted octanol–water partition coefficient (Wildman–Crippen LogP) is 5.04. The molecular formula is C22H24F3NO3. The summed E-state index contributed by atoms with van der Waals surface area (Å²) in [6.07, 6.45) is -3.29. The van der Waals surface area contributed by atoms with Gasteiger partial charge >= 0.3 is 6.18 Å². The molecule has 3 aromatic rings. The van der Waals surface area contributed by atoms with Crippen molar-refractivity contribution in [3.05, 3.63) is 51.8 Å². The number of hydrogen-bond donors (Lipinski definition) is 1. The van der Waals surface area contributed by atoms with Gasteiger partial charge in [-0.25, -0.2) is 0 Å². The number of benzene rings is 2. The predicted molar refractivity (Wildman–Crippen MR) is 108 cm³/mol. The van der Waals surface area contributed by atoms with Crippen LogP contribution in [0.1, 0.15) is 37.8 Å². The van der Waals surface area contributed by atoms with Crippen molar-refractivity contribution in [1.29, 1.82) is 0 Å². The van der Waals surface area contributed by atoms with Crippen LogP contribution >= 0.6 is 0 Å². The Morgan fingerprint density at radius 2 is 1.76 bits per heavy atom. The highest BCUT2D eigenvalue weighted by molar-refractivity contribution is 6.08. The zero-order valence-corrected chi connectivity index (χ0v) is 16.9. The number of aryl methyl sites for hydroxylation is 1. The summed E-state index contributed by atoms with van der Waals surface area (Å²) in [5.41, 5.74) is -2.97. The highest BCUT2D eigenvalue weighted by Gasteiger charge is 2.52. The Morgan fingerprint density at radius 1 is 1.14 bits per heavy atom. The lowest BCUT2D eigenvalue weighted by atomic mass is 9.88. The van der Waals surface area contributed by atoms with E-state index in [0.717, 1.165) is 19.8 Å². The molecule has 29 heavy (non-hydrogen) atoms. The molecule has 0 amide bonds. The number of rotatable bonds is 5. The maximum atomic E-state index is 13.6. The van der Waals surface area contributed by atoms with E-state index in [1.54, 1.807) is 28.8 Å². The summed E-state index contributed by atoms with van der Waals surface area (Å²) < 4.78 is 47.9. The Labute approximate surface area is 166 Å². The Kier molecular flexibility index (Phi) is 5.38. The van der Waals surface area contributed by atoms with Gasteiger partial charge in [0, 0.05) is 17.3 Å². The molecule has 1 aromatic heterocycles. The monoisotopic (exact) mass is 407 g/mol. The van der Waals surface area contributed by atoms with Gasteiger partial charge in [-0.1, -0.05) is 31.5 Å². The van der Waals surface area contributed by atoms with E-state index in [9.17, 15) is 23.1 Å². The van der Waals surface area contributed by atoms with E-state index >= 15 is 0 Å². The third-order valence-electron chi connectivity index (χ3n) is 5.48. The first kappa shape index (κ1) is 21.2. The molecule has 7 heteroatoms. The van der Waals surface area contributed by atoms with Gasteiger partial charge in [-0.15, -0.1) is 0 Å². The first-order valence-electron chi connectivity index (χ1n) is 9.48. The number of unbranched alkanes of at least 4 members (excludes halogenated alkanes) is 1. The molecule has 1 atom stereocenters. The first-order valence-corrected chi connectivity index (χ1v) is 9.48. The Balaban J connectivity index is 2.57. The van der Waals surface area contributed by atoms with E-state index in [1.807, 2.05) is 6.92 Å². The van der Waals surface area contributed by atoms with E-state index in [1.165, 1.54) is 20.1 Å². The fourth-order valence-corrected chi connectivity index (χ4v) is 3.81. The normalized spacial score (nSPS) is 14.3. The summed E-state index contributed by atoms with van der Waals surface area (Å²) in [6, 6.07) is 8.14. The van der Waals surface area contributed by atoms with Crippen molar-refractivity contribution >= 4 is 21.7 Å². The Hall–Kier alpha value is -2.54. The first-order chi connectivity index (χ1) is 13.6. The minimum atomic E-state index is -4.87. The van der Waals surface area contributed by atoms with Gasteiger partial charge in [0.1, 0.15) is 5.75 Å². The van der Waals surface area contributed by atoms with Gasteiger partial charge in [0.25, 0.3) is 5.56 Å².